The minimum Gasteiger partial charge on any atom is -0.351 e. The van der Waals surface area contributed by atoms with Gasteiger partial charge in [0, 0.05) is 5.39 Å². The van der Waals surface area contributed by atoms with Crippen LogP contribution in [-0.2, 0) is 4.79 Å². The minimum atomic E-state index is -0.842. The van der Waals surface area contributed by atoms with Crippen LogP contribution in [0.15, 0.2) is 29.3 Å². The van der Waals surface area contributed by atoms with Gasteiger partial charge in [-0.3, -0.25) is 10.1 Å². The van der Waals surface area contributed by atoms with Crippen molar-refractivity contribution in [1.82, 2.24) is 10.3 Å². The van der Waals surface area contributed by atoms with E-state index in [0.717, 1.165) is 27.1 Å². The number of primary amides is 1. The molecule has 5 nitrogen and oxygen atoms in total. The van der Waals surface area contributed by atoms with Gasteiger partial charge in [-0.05, 0) is 44.0 Å². The number of nitrogens with one attached hydrogen (secondary N) is 1. The van der Waals surface area contributed by atoms with Crippen LogP contribution >= 0.6 is 11.8 Å². The van der Waals surface area contributed by atoms with E-state index in [2.05, 4.69) is 10.3 Å². The normalized spacial score (nSPS) is 12.1. The monoisotopic (exact) mass is 303 g/mol. The third-order valence-electron chi connectivity index (χ3n) is 3.06. The first-order valence-electron chi connectivity index (χ1n) is 6.52. The number of thioether (sulfide) groups is 1. The summed E-state index contributed by atoms with van der Waals surface area (Å²) in [6.07, 6.45) is 0. The number of fused-ring (bicyclic) bond motifs is 1. The lowest BCUT2D eigenvalue weighted by molar-refractivity contribution is -0.119. The van der Waals surface area contributed by atoms with Crippen molar-refractivity contribution in [1.29, 1.82) is 0 Å². The Hall–Kier alpha value is -2.08. The van der Waals surface area contributed by atoms with Gasteiger partial charge in [0.25, 0.3) is 0 Å². The fraction of sp³-hybridized carbons (Fsp3) is 0.267. The highest BCUT2D eigenvalue weighted by molar-refractivity contribution is 8.00. The standard InChI is InChI=1S/C15H17N3O2S/c1-8-4-5-11-9(2)7-13(17-12(11)6-8)21-10(3)14(19)18-15(16)20/h4-7,10H,1-3H3,(H3,16,18,19,20). The number of nitrogens with two attached hydrogens (primary N) is 1. The minimum absolute atomic E-state index is 0.420. The number of hydrogen-bond donors (Lipinski definition) is 2. The number of hydrogen-bond acceptors (Lipinski definition) is 4. The number of pyridine rings is 1. The molecule has 1 heterocycles. The highest BCUT2D eigenvalue weighted by Crippen LogP contribution is 2.27. The molecule has 0 fully saturated rings. The summed E-state index contributed by atoms with van der Waals surface area (Å²) in [5, 5.41) is 3.47. The van der Waals surface area contributed by atoms with Crippen LogP contribution in [0.4, 0.5) is 4.79 Å². The van der Waals surface area contributed by atoms with E-state index >= 15 is 0 Å². The Morgan fingerprint density at radius 1 is 1.29 bits per heavy atom. The Morgan fingerprint density at radius 2 is 2.00 bits per heavy atom. The number of aromatic nitrogens is 1. The first-order chi connectivity index (χ1) is 9.86. The van der Waals surface area contributed by atoms with Crippen LogP contribution < -0.4 is 11.1 Å². The number of amides is 3. The number of imide groups is 1. The number of aryl methyl sites for hydroxylation is 2. The molecular formula is C15H17N3O2S. The summed E-state index contributed by atoms with van der Waals surface area (Å²) >= 11 is 1.30. The molecule has 1 aromatic heterocycles. The molecule has 21 heavy (non-hydrogen) atoms. The molecule has 0 aliphatic rings. The summed E-state index contributed by atoms with van der Waals surface area (Å²) in [7, 11) is 0. The van der Waals surface area contributed by atoms with Gasteiger partial charge in [-0.1, -0.05) is 23.9 Å². The average Bonchev–Trinajstić information content (AvgIpc) is 2.37. The molecule has 2 aromatic rings. The zero-order valence-electron chi connectivity index (χ0n) is 12.1. The maximum absolute atomic E-state index is 11.7. The molecule has 3 N–H and O–H groups in total. The summed E-state index contributed by atoms with van der Waals surface area (Å²) in [6, 6.07) is 7.21. The fourth-order valence-electron chi connectivity index (χ4n) is 2.00. The van der Waals surface area contributed by atoms with E-state index in [1.807, 2.05) is 38.1 Å². The van der Waals surface area contributed by atoms with Crippen molar-refractivity contribution in [2.45, 2.75) is 31.0 Å². The molecule has 0 aliphatic heterocycles. The number of carbonyl (C=O) groups excluding carboxylic acids is 2. The average molecular weight is 303 g/mol. The maximum Gasteiger partial charge on any atom is 0.318 e. The van der Waals surface area contributed by atoms with Crippen molar-refractivity contribution in [2.75, 3.05) is 0 Å². The predicted molar refractivity (Wildman–Crippen MR) is 84.3 cm³/mol. The lowest BCUT2D eigenvalue weighted by Crippen LogP contribution is -2.39. The molecule has 3 amide bonds. The highest BCUT2D eigenvalue weighted by Gasteiger charge is 2.17. The van der Waals surface area contributed by atoms with E-state index in [9.17, 15) is 9.59 Å². The van der Waals surface area contributed by atoms with Crippen LogP contribution in [-0.4, -0.2) is 22.2 Å². The van der Waals surface area contributed by atoms with Crippen LogP contribution in [0.3, 0.4) is 0 Å². The van der Waals surface area contributed by atoms with Crippen molar-refractivity contribution in [3.63, 3.8) is 0 Å². The van der Waals surface area contributed by atoms with Crippen molar-refractivity contribution in [3.05, 3.63) is 35.4 Å². The van der Waals surface area contributed by atoms with E-state index in [4.69, 9.17) is 5.73 Å². The number of carbonyl (C=O) groups is 2. The zero-order chi connectivity index (χ0) is 15.6. The first-order valence-corrected chi connectivity index (χ1v) is 7.40. The molecule has 0 aliphatic carbocycles. The smallest absolute Gasteiger partial charge is 0.318 e. The molecule has 1 aromatic carbocycles. The quantitative estimate of drug-likeness (QED) is 0.853. The Labute approximate surface area is 127 Å². The summed E-state index contributed by atoms with van der Waals surface area (Å²) in [4.78, 5) is 27.0. The van der Waals surface area contributed by atoms with Gasteiger partial charge in [-0.25, -0.2) is 9.78 Å². The van der Waals surface area contributed by atoms with Gasteiger partial charge >= 0.3 is 6.03 Å². The molecule has 1 atom stereocenters. The highest BCUT2D eigenvalue weighted by atomic mass is 32.2. The van der Waals surface area contributed by atoms with Gasteiger partial charge in [0.15, 0.2) is 0 Å². The lowest BCUT2D eigenvalue weighted by Gasteiger charge is -2.11. The molecule has 0 radical (unpaired) electrons. The van der Waals surface area contributed by atoms with E-state index in [0.29, 0.717) is 0 Å². The van der Waals surface area contributed by atoms with Crippen LogP contribution in [0.2, 0.25) is 0 Å². The summed E-state index contributed by atoms with van der Waals surface area (Å²) in [5.74, 6) is -0.420. The summed E-state index contributed by atoms with van der Waals surface area (Å²) < 4.78 is 0. The fourth-order valence-corrected chi connectivity index (χ4v) is 2.92. The number of benzene rings is 1. The zero-order valence-corrected chi connectivity index (χ0v) is 13.0. The topological polar surface area (TPSA) is 85.1 Å². The molecular weight excluding hydrogens is 286 g/mol. The maximum atomic E-state index is 11.7. The van der Waals surface area contributed by atoms with E-state index < -0.39 is 17.2 Å². The molecule has 1 unspecified atom stereocenters. The lowest BCUT2D eigenvalue weighted by atomic mass is 10.1. The molecule has 6 heteroatoms. The van der Waals surface area contributed by atoms with Crippen LogP contribution in [0, 0.1) is 13.8 Å². The second kappa shape index (κ2) is 6.13. The van der Waals surface area contributed by atoms with Crippen molar-refractivity contribution in [2.24, 2.45) is 5.73 Å². The molecule has 0 saturated carbocycles. The molecule has 2 rings (SSSR count). The van der Waals surface area contributed by atoms with Gasteiger partial charge in [0.05, 0.1) is 15.8 Å². The van der Waals surface area contributed by atoms with Gasteiger partial charge in [-0.2, -0.15) is 0 Å². The second-order valence-electron chi connectivity index (χ2n) is 4.91. The van der Waals surface area contributed by atoms with Crippen LogP contribution in [0.5, 0.6) is 0 Å². The third-order valence-corrected chi connectivity index (χ3v) is 4.08. The Bertz CT molecular complexity index is 715. The molecule has 0 spiro atoms. The first kappa shape index (κ1) is 15.3. The van der Waals surface area contributed by atoms with E-state index in [1.54, 1.807) is 6.92 Å². The van der Waals surface area contributed by atoms with E-state index in [1.165, 1.54) is 11.8 Å². The molecule has 110 valence electrons. The number of urea groups is 1. The van der Waals surface area contributed by atoms with Crippen molar-refractivity contribution >= 4 is 34.6 Å². The second-order valence-corrected chi connectivity index (χ2v) is 6.27. The Balaban J connectivity index is 2.26. The SMILES string of the molecule is Cc1ccc2c(C)cc(SC(C)C(=O)NC(N)=O)nc2c1. The largest absolute Gasteiger partial charge is 0.351 e. The summed E-state index contributed by atoms with van der Waals surface area (Å²) in [5.41, 5.74) is 8.08. The van der Waals surface area contributed by atoms with Gasteiger partial charge in [0.2, 0.25) is 5.91 Å². The molecule has 0 bridgehead atoms. The van der Waals surface area contributed by atoms with E-state index in [-0.39, 0.29) is 0 Å². The van der Waals surface area contributed by atoms with Gasteiger partial charge < -0.3 is 5.73 Å². The molecule has 0 saturated heterocycles. The predicted octanol–water partition coefficient (Wildman–Crippen LogP) is 2.53. The number of nitrogens with zero attached hydrogens (tertiary/aromatic N) is 1. The van der Waals surface area contributed by atoms with Gasteiger partial charge in [0.1, 0.15) is 0 Å². The summed E-state index contributed by atoms with van der Waals surface area (Å²) in [6.45, 7) is 5.73. The van der Waals surface area contributed by atoms with Crippen molar-refractivity contribution < 1.29 is 9.59 Å². The van der Waals surface area contributed by atoms with Crippen LogP contribution in [0.1, 0.15) is 18.1 Å². The third kappa shape index (κ3) is 3.72. The van der Waals surface area contributed by atoms with Crippen molar-refractivity contribution in [3.8, 4) is 0 Å². The van der Waals surface area contributed by atoms with Crippen LogP contribution in [0.25, 0.3) is 10.9 Å². The van der Waals surface area contributed by atoms with Gasteiger partial charge in [-0.15, -0.1) is 0 Å². The number of rotatable bonds is 3. The Morgan fingerprint density at radius 3 is 2.67 bits per heavy atom. The Kier molecular flexibility index (Phi) is 4.47.